The number of carbonyl (C=O) groups excluding carboxylic acids is 1. The Labute approximate surface area is 145 Å². The minimum atomic E-state index is -1.05. The molecule has 1 amide bonds. The molecule has 0 aromatic carbocycles. The van der Waals surface area contributed by atoms with Crippen LogP contribution in [0.1, 0.15) is 67.7 Å². The molecule has 2 heterocycles. The molecule has 0 bridgehead atoms. The van der Waals surface area contributed by atoms with Crippen molar-refractivity contribution in [2.24, 2.45) is 5.92 Å². The lowest BCUT2D eigenvalue weighted by Crippen LogP contribution is -2.44. The Kier molecular flexibility index (Phi) is 4.74. The van der Waals surface area contributed by atoms with E-state index in [1.54, 1.807) is 19.9 Å². The first-order chi connectivity index (χ1) is 11.9. The van der Waals surface area contributed by atoms with Gasteiger partial charge in [0.25, 0.3) is 11.6 Å². The second-order valence-electron chi connectivity index (χ2n) is 6.96. The van der Waals surface area contributed by atoms with E-state index < -0.39 is 17.9 Å². The zero-order valence-corrected chi connectivity index (χ0v) is 14.7. The van der Waals surface area contributed by atoms with Crippen molar-refractivity contribution in [3.63, 3.8) is 0 Å². The molecular formula is C18H23N3O4. The van der Waals surface area contributed by atoms with Crippen molar-refractivity contribution in [2.45, 2.75) is 58.4 Å². The highest BCUT2D eigenvalue weighted by Crippen LogP contribution is 2.40. The fourth-order valence-electron chi connectivity index (χ4n) is 2.94. The maximum absolute atomic E-state index is 12.9. The molecule has 0 radical (unpaired) electrons. The van der Waals surface area contributed by atoms with Crippen molar-refractivity contribution in [1.82, 2.24) is 15.5 Å². The van der Waals surface area contributed by atoms with Gasteiger partial charge in [0, 0.05) is 11.6 Å². The van der Waals surface area contributed by atoms with Crippen molar-refractivity contribution >= 4 is 23.0 Å². The fourth-order valence-corrected chi connectivity index (χ4v) is 2.94. The van der Waals surface area contributed by atoms with E-state index in [-0.39, 0.29) is 5.92 Å². The number of fused-ring (bicyclic) bond motifs is 1. The van der Waals surface area contributed by atoms with Gasteiger partial charge in [0.05, 0.1) is 16.6 Å². The number of nitrogens with one attached hydrogen (secondary N) is 1. The van der Waals surface area contributed by atoms with Gasteiger partial charge >= 0.3 is 5.97 Å². The van der Waals surface area contributed by atoms with Crippen LogP contribution in [0, 0.1) is 5.92 Å². The van der Waals surface area contributed by atoms with Crippen molar-refractivity contribution in [1.29, 1.82) is 0 Å². The Hall–Kier alpha value is -2.44. The molecule has 3 rings (SSSR count). The molecule has 7 heteroatoms. The van der Waals surface area contributed by atoms with Crippen LogP contribution >= 0.6 is 0 Å². The summed E-state index contributed by atoms with van der Waals surface area (Å²) in [4.78, 5) is 28.8. The number of hydrogen-bond donors (Lipinski definition) is 2. The minimum Gasteiger partial charge on any atom is -0.480 e. The van der Waals surface area contributed by atoms with E-state index in [4.69, 9.17) is 4.52 Å². The first kappa shape index (κ1) is 17.4. The van der Waals surface area contributed by atoms with Gasteiger partial charge in [0.15, 0.2) is 0 Å². The van der Waals surface area contributed by atoms with Gasteiger partial charge in [-0.05, 0) is 31.2 Å². The molecule has 0 unspecified atom stereocenters. The Morgan fingerprint density at radius 1 is 1.40 bits per heavy atom. The van der Waals surface area contributed by atoms with Crippen LogP contribution in [-0.4, -0.2) is 33.2 Å². The zero-order chi connectivity index (χ0) is 18.1. The largest absolute Gasteiger partial charge is 0.480 e. The lowest BCUT2D eigenvalue weighted by atomic mass is 10.0. The van der Waals surface area contributed by atoms with Gasteiger partial charge in [0.1, 0.15) is 6.04 Å². The summed E-state index contributed by atoms with van der Waals surface area (Å²) in [7, 11) is 0. The van der Waals surface area contributed by atoms with Crippen molar-refractivity contribution in [3.05, 3.63) is 23.0 Å². The number of pyridine rings is 1. The minimum absolute atomic E-state index is 0.223. The molecule has 2 aromatic heterocycles. The summed E-state index contributed by atoms with van der Waals surface area (Å²) < 4.78 is 5.35. The van der Waals surface area contributed by atoms with Gasteiger partial charge in [-0.1, -0.05) is 32.3 Å². The monoisotopic (exact) mass is 345 g/mol. The molecule has 25 heavy (non-hydrogen) atoms. The summed E-state index contributed by atoms with van der Waals surface area (Å²) in [5.41, 5.74) is 2.26. The lowest BCUT2D eigenvalue weighted by molar-refractivity contribution is -0.140. The Morgan fingerprint density at radius 3 is 2.68 bits per heavy atom. The quantitative estimate of drug-likeness (QED) is 0.799. The van der Waals surface area contributed by atoms with Crippen LogP contribution in [0.2, 0.25) is 0 Å². The Morgan fingerprint density at radius 2 is 2.12 bits per heavy atom. The average molecular weight is 345 g/mol. The van der Waals surface area contributed by atoms with Crippen molar-refractivity contribution in [3.8, 4) is 0 Å². The number of carboxylic acids is 1. The number of carbonyl (C=O) groups is 2. The predicted octanol–water partition coefficient (Wildman–Crippen LogP) is 2.89. The molecule has 1 saturated carbocycles. The third kappa shape index (κ3) is 3.50. The molecule has 7 nitrogen and oxygen atoms in total. The highest BCUT2D eigenvalue weighted by molar-refractivity contribution is 6.07. The van der Waals surface area contributed by atoms with Gasteiger partial charge in [-0.15, -0.1) is 0 Å². The lowest BCUT2D eigenvalue weighted by Gasteiger charge is -2.18. The first-order valence-electron chi connectivity index (χ1n) is 8.75. The van der Waals surface area contributed by atoms with E-state index in [2.05, 4.69) is 15.5 Å². The topological polar surface area (TPSA) is 105 Å². The Balaban J connectivity index is 2.04. The molecule has 134 valence electrons. The smallest absolute Gasteiger partial charge is 0.326 e. The van der Waals surface area contributed by atoms with E-state index in [0.29, 0.717) is 34.7 Å². The molecular weight excluding hydrogens is 322 g/mol. The van der Waals surface area contributed by atoms with Crippen LogP contribution < -0.4 is 5.32 Å². The van der Waals surface area contributed by atoms with Crippen molar-refractivity contribution < 1.29 is 19.2 Å². The van der Waals surface area contributed by atoms with Gasteiger partial charge in [-0.3, -0.25) is 4.79 Å². The molecule has 2 N–H and O–H groups in total. The van der Waals surface area contributed by atoms with E-state index in [1.807, 2.05) is 6.92 Å². The molecule has 0 saturated heterocycles. The van der Waals surface area contributed by atoms with Crippen LogP contribution in [0.4, 0.5) is 0 Å². The summed E-state index contributed by atoms with van der Waals surface area (Å²) in [5, 5.41) is 16.6. The molecule has 0 spiro atoms. The van der Waals surface area contributed by atoms with E-state index >= 15 is 0 Å². The number of aliphatic carboxylic acids is 1. The van der Waals surface area contributed by atoms with Crippen LogP contribution in [-0.2, 0) is 11.2 Å². The number of aryl methyl sites for hydroxylation is 1. The number of nitrogens with zero attached hydrogens (tertiary/aromatic N) is 2. The number of rotatable bonds is 7. The van der Waals surface area contributed by atoms with E-state index in [9.17, 15) is 14.7 Å². The number of hydrogen-bond acceptors (Lipinski definition) is 5. The zero-order valence-electron chi connectivity index (χ0n) is 14.7. The van der Waals surface area contributed by atoms with E-state index in [1.165, 1.54) is 0 Å². The van der Waals surface area contributed by atoms with Crippen LogP contribution in [0.15, 0.2) is 10.6 Å². The number of carboxylic acid groups (broad SMARTS) is 1. The third-order valence-corrected chi connectivity index (χ3v) is 4.48. The molecule has 1 atom stereocenters. The molecule has 2 aromatic rings. The third-order valence-electron chi connectivity index (χ3n) is 4.48. The maximum atomic E-state index is 12.9. The maximum Gasteiger partial charge on any atom is 0.326 e. The molecule has 1 fully saturated rings. The van der Waals surface area contributed by atoms with Gasteiger partial charge < -0.3 is 14.9 Å². The predicted molar refractivity (Wildman–Crippen MR) is 91.5 cm³/mol. The summed E-state index contributed by atoms with van der Waals surface area (Å²) in [6, 6.07) is 0.819. The summed E-state index contributed by atoms with van der Waals surface area (Å²) >= 11 is 0. The Bertz CT molecular complexity index is 808. The number of aromatic nitrogens is 2. The van der Waals surface area contributed by atoms with Crippen LogP contribution in [0.3, 0.4) is 0 Å². The first-order valence-corrected chi connectivity index (χ1v) is 8.75. The summed E-state index contributed by atoms with van der Waals surface area (Å²) in [6.07, 6.45) is 3.61. The second-order valence-corrected chi connectivity index (χ2v) is 6.96. The highest BCUT2D eigenvalue weighted by Gasteiger charge is 2.30. The summed E-state index contributed by atoms with van der Waals surface area (Å²) in [5.74, 6) is -1.35. The average Bonchev–Trinajstić information content (AvgIpc) is 3.33. The normalized spacial score (nSPS) is 15.5. The van der Waals surface area contributed by atoms with Gasteiger partial charge in [0.2, 0.25) is 0 Å². The molecule has 0 aliphatic heterocycles. The van der Waals surface area contributed by atoms with Crippen LogP contribution in [0.5, 0.6) is 0 Å². The van der Waals surface area contributed by atoms with Gasteiger partial charge in [-0.2, -0.15) is 0 Å². The summed E-state index contributed by atoms with van der Waals surface area (Å²) in [6.45, 7) is 5.54. The molecule has 1 aliphatic carbocycles. The second kappa shape index (κ2) is 6.82. The van der Waals surface area contributed by atoms with Crippen molar-refractivity contribution in [2.75, 3.05) is 0 Å². The SMILES string of the molecule is CCCc1noc2nc(C3CC3)cc(C(=O)N[C@@H](C(=O)O)C(C)C)c12. The number of amides is 1. The van der Waals surface area contributed by atoms with Crippen LogP contribution in [0.25, 0.3) is 11.1 Å². The van der Waals surface area contributed by atoms with Gasteiger partial charge in [-0.25, -0.2) is 9.78 Å². The molecule has 1 aliphatic rings. The van der Waals surface area contributed by atoms with E-state index in [0.717, 1.165) is 25.0 Å². The fraction of sp³-hybridized carbons (Fsp3) is 0.556. The standard InChI is InChI=1S/C18H23N3O4/c1-4-5-12-14-11(16(22)20-15(9(2)3)18(23)24)8-13(10-6-7-10)19-17(14)25-21-12/h8-10,15H,4-7H2,1-3H3,(H,20,22)(H,23,24)/t15-/m1/s1. The highest BCUT2D eigenvalue weighted by atomic mass is 16.5.